The van der Waals surface area contributed by atoms with Gasteiger partial charge in [-0.1, -0.05) is 18.2 Å². The number of nitrogens with one attached hydrogen (secondary N) is 2. The first kappa shape index (κ1) is 20.7. The van der Waals surface area contributed by atoms with E-state index in [-0.39, 0.29) is 11.1 Å². The number of anilines is 4. The average Bonchev–Trinajstić information content (AvgIpc) is 2.80. The van der Waals surface area contributed by atoms with E-state index in [1.165, 1.54) is 14.2 Å². The van der Waals surface area contributed by atoms with E-state index < -0.39 is 11.9 Å². The van der Waals surface area contributed by atoms with Gasteiger partial charge >= 0.3 is 11.9 Å². The number of carbonyl (C=O) groups excluding carboxylic acids is 2. The zero-order chi connectivity index (χ0) is 21.5. The van der Waals surface area contributed by atoms with Crippen LogP contribution >= 0.6 is 0 Å². The highest BCUT2D eigenvalue weighted by Crippen LogP contribution is 2.33. The van der Waals surface area contributed by atoms with E-state index in [0.717, 1.165) is 17.1 Å². The number of para-hydroxylation sites is 1. The van der Waals surface area contributed by atoms with Crippen molar-refractivity contribution in [2.45, 2.75) is 0 Å². The lowest BCUT2D eigenvalue weighted by atomic mass is 10.0. The third-order valence-electron chi connectivity index (χ3n) is 4.39. The number of rotatable bonds is 7. The quantitative estimate of drug-likeness (QED) is 0.547. The predicted octanol–water partition coefficient (Wildman–Crippen LogP) is 4.76. The maximum atomic E-state index is 12.3. The van der Waals surface area contributed by atoms with Gasteiger partial charge in [-0.15, -0.1) is 0 Å². The van der Waals surface area contributed by atoms with Crippen LogP contribution < -0.4 is 15.4 Å². The Labute approximate surface area is 174 Å². The predicted molar refractivity (Wildman–Crippen MR) is 115 cm³/mol. The molecule has 0 bridgehead atoms. The number of hydrogen-bond acceptors (Lipinski definition) is 7. The fourth-order valence-corrected chi connectivity index (χ4v) is 2.87. The molecule has 154 valence electrons. The van der Waals surface area contributed by atoms with Gasteiger partial charge in [-0.05, 0) is 48.5 Å². The molecule has 3 aromatic rings. The van der Waals surface area contributed by atoms with Gasteiger partial charge < -0.3 is 24.8 Å². The van der Waals surface area contributed by atoms with Gasteiger partial charge in [-0.2, -0.15) is 0 Å². The summed E-state index contributed by atoms with van der Waals surface area (Å²) in [4.78, 5) is 24.6. The molecule has 0 radical (unpaired) electrons. The van der Waals surface area contributed by atoms with Crippen molar-refractivity contribution >= 4 is 34.7 Å². The molecule has 0 amide bonds. The molecule has 0 saturated heterocycles. The van der Waals surface area contributed by atoms with Crippen LogP contribution in [0.2, 0.25) is 0 Å². The largest absolute Gasteiger partial charge is 0.497 e. The smallest absolute Gasteiger partial charge is 0.338 e. The van der Waals surface area contributed by atoms with Crippen LogP contribution in [0.15, 0.2) is 66.7 Å². The zero-order valence-corrected chi connectivity index (χ0v) is 16.9. The number of methoxy groups -OCH3 is 3. The van der Waals surface area contributed by atoms with Crippen LogP contribution in [0.1, 0.15) is 20.7 Å². The highest BCUT2D eigenvalue weighted by atomic mass is 16.5. The van der Waals surface area contributed by atoms with Crippen LogP contribution in [-0.2, 0) is 9.47 Å². The molecule has 0 spiro atoms. The van der Waals surface area contributed by atoms with Gasteiger partial charge in [-0.3, -0.25) is 0 Å². The highest BCUT2D eigenvalue weighted by Gasteiger charge is 2.22. The first-order valence-electron chi connectivity index (χ1n) is 9.13. The van der Waals surface area contributed by atoms with Gasteiger partial charge in [0.05, 0.1) is 43.8 Å². The first-order chi connectivity index (χ1) is 14.5. The standard InChI is InChI=1S/C23H22N2O5/c1-28-17-11-9-16(10-12-17)25-21-14-19(23(27)30-3)18(22(26)29-2)13-20(21)24-15-7-5-4-6-8-15/h4-14,24-25H,1-3H3. The lowest BCUT2D eigenvalue weighted by Crippen LogP contribution is -2.13. The van der Waals surface area contributed by atoms with Crippen LogP contribution in [0.4, 0.5) is 22.7 Å². The van der Waals surface area contributed by atoms with Crippen LogP contribution in [0, 0.1) is 0 Å². The molecule has 0 heterocycles. The highest BCUT2D eigenvalue weighted by molar-refractivity contribution is 6.06. The Morgan fingerprint density at radius 2 is 1.13 bits per heavy atom. The number of ether oxygens (including phenoxy) is 3. The van der Waals surface area contributed by atoms with Crippen molar-refractivity contribution in [1.29, 1.82) is 0 Å². The summed E-state index contributed by atoms with van der Waals surface area (Å²) < 4.78 is 14.9. The van der Waals surface area contributed by atoms with E-state index in [1.807, 2.05) is 54.6 Å². The SMILES string of the molecule is COC(=O)c1cc(Nc2ccccc2)c(Nc2ccc(OC)cc2)cc1C(=O)OC. The van der Waals surface area contributed by atoms with Crippen LogP contribution in [-0.4, -0.2) is 33.3 Å². The second-order valence-corrected chi connectivity index (χ2v) is 6.27. The lowest BCUT2D eigenvalue weighted by Gasteiger charge is -2.18. The summed E-state index contributed by atoms with van der Waals surface area (Å²) in [5.74, 6) is -0.554. The van der Waals surface area contributed by atoms with E-state index in [2.05, 4.69) is 10.6 Å². The summed E-state index contributed by atoms with van der Waals surface area (Å²) in [6, 6.07) is 19.9. The molecule has 0 atom stereocenters. The van der Waals surface area contributed by atoms with Gasteiger partial charge in [-0.25, -0.2) is 9.59 Å². The Bertz CT molecular complexity index is 1030. The van der Waals surface area contributed by atoms with E-state index in [1.54, 1.807) is 19.2 Å². The van der Waals surface area contributed by atoms with Gasteiger partial charge in [0.2, 0.25) is 0 Å². The fourth-order valence-electron chi connectivity index (χ4n) is 2.87. The van der Waals surface area contributed by atoms with E-state index in [4.69, 9.17) is 14.2 Å². The molecule has 7 nitrogen and oxygen atoms in total. The minimum Gasteiger partial charge on any atom is -0.497 e. The van der Waals surface area contributed by atoms with Crippen molar-refractivity contribution in [2.75, 3.05) is 32.0 Å². The summed E-state index contributed by atoms with van der Waals surface area (Å²) in [6.45, 7) is 0. The summed E-state index contributed by atoms with van der Waals surface area (Å²) in [7, 11) is 4.12. The van der Waals surface area contributed by atoms with Crippen molar-refractivity contribution in [1.82, 2.24) is 0 Å². The summed E-state index contributed by atoms with van der Waals surface area (Å²) in [6.07, 6.45) is 0. The van der Waals surface area contributed by atoms with Gasteiger partial charge in [0.15, 0.2) is 0 Å². The van der Waals surface area contributed by atoms with E-state index in [9.17, 15) is 9.59 Å². The topological polar surface area (TPSA) is 85.9 Å². The Kier molecular flexibility index (Phi) is 6.54. The molecule has 0 fully saturated rings. The molecule has 0 aromatic heterocycles. The zero-order valence-electron chi connectivity index (χ0n) is 16.9. The second-order valence-electron chi connectivity index (χ2n) is 6.27. The summed E-state index contributed by atoms with van der Waals surface area (Å²) >= 11 is 0. The summed E-state index contributed by atoms with van der Waals surface area (Å²) in [5, 5.41) is 6.54. The molecule has 0 aliphatic rings. The Hall–Kier alpha value is -4.00. The molecule has 0 saturated carbocycles. The molecule has 0 aliphatic carbocycles. The van der Waals surface area contributed by atoms with E-state index >= 15 is 0 Å². The molecule has 30 heavy (non-hydrogen) atoms. The van der Waals surface area contributed by atoms with Crippen molar-refractivity contribution in [3.05, 3.63) is 77.9 Å². The maximum absolute atomic E-state index is 12.3. The summed E-state index contributed by atoms with van der Waals surface area (Å²) in [5.41, 5.74) is 2.95. The van der Waals surface area contributed by atoms with Crippen LogP contribution in [0.25, 0.3) is 0 Å². The van der Waals surface area contributed by atoms with Crippen molar-refractivity contribution in [2.24, 2.45) is 0 Å². The molecule has 0 unspecified atom stereocenters. The molecule has 3 aromatic carbocycles. The number of carbonyl (C=O) groups is 2. The first-order valence-corrected chi connectivity index (χ1v) is 9.13. The molecule has 3 rings (SSSR count). The normalized spacial score (nSPS) is 10.1. The lowest BCUT2D eigenvalue weighted by molar-refractivity contribution is 0.0555. The van der Waals surface area contributed by atoms with Gasteiger partial charge in [0.25, 0.3) is 0 Å². The second kappa shape index (κ2) is 9.47. The third-order valence-corrected chi connectivity index (χ3v) is 4.39. The number of hydrogen-bond donors (Lipinski definition) is 2. The molecule has 2 N–H and O–H groups in total. The van der Waals surface area contributed by atoms with Gasteiger partial charge in [0, 0.05) is 11.4 Å². The van der Waals surface area contributed by atoms with Crippen molar-refractivity contribution in [3.63, 3.8) is 0 Å². The Morgan fingerprint density at radius 1 is 0.667 bits per heavy atom. The average molecular weight is 406 g/mol. The third kappa shape index (κ3) is 4.70. The monoisotopic (exact) mass is 406 g/mol. The van der Waals surface area contributed by atoms with E-state index in [0.29, 0.717) is 11.4 Å². The number of esters is 2. The molecule has 0 aliphatic heterocycles. The molecular formula is C23H22N2O5. The molecular weight excluding hydrogens is 384 g/mol. The Balaban J connectivity index is 2.09. The van der Waals surface area contributed by atoms with Crippen LogP contribution in [0.3, 0.4) is 0 Å². The maximum Gasteiger partial charge on any atom is 0.338 e. The fraction of sp³-hybridized carbons (Fsp3) is 0.130. The van der Waals surface area contributed by atoms with Gasteiger partial charge in [0.1, 0.15) is 5.75 Å². The minimum absolute atomic E-state index is 0.0963. The number of benzene rings is 3. The van der Waals surface area contributed by atoms with Crippen molar-refractivity contribution < 1.29 is 23.8 Å². The Morgan fingerprint density at radius 3 is 1.57 bits per heavy atom. The van der Waals surface area contributed by atoms with Crippen molar-refractivity contribution in [3.8, 4) is 5.75 Å². The van der Waals surface area contributed by atoms with Crippen LogP contribution in [0.5, 0.6) is 5.75 Å². The molecule has 7 heteroatoms. The minimum atomic E-state index is -0.639.